The fourth-order valence-corrected chi connectivity index (χ4v) is 6.54. The molecule has 6 rings (SSSR count). The minimum absolute atomic E-state index is 0.169. The van der Waals surface area contributed by atoms with E-state index in [1.165, 1.54) is 16.7 Å². The quantitative estimate of drug-likeness (QED) is 0.547. The van der Waals surface area contributed by atoms with E-state index in [2.05, 4.69) is 41.3 Å². The van der Waals surface area contributed by atoms with Crippen LogP contribution >= 0.6 is 0 Å². The second kappa shape index (κ2) is 8.53. The van der Waals surface area contributed by atoms with Crippen molar-refractivity contribution in [3.05, 3.63) is 83.2 Å². The van der Waals surface area contributed by atoms with E-state index in [4.69, 9.17) is 9.97 Å². The third kappa shape index (κ3) is 3.77. The Hall–Kier alpha value is -3.21. The molecule has 0 unspecified atom stereocenters. The van der Waals surface area contributed by atoms with Gasteiger partial charge in [-0.1, -0.05) is 36.4 Å². The number of phenols is 1. The first kappa shape index (κ1) is 21.3. The summed E-state index contributed by atoms with van der Waals surface area (Å²) in [5.74, 6) is 1.92. The van der Waals surface area contributed by atoms with Gasteiger partial charge in [-0.15, -0.1) is 0 Å². The first-order valence-corrected chi connectivity index (χ1v) is 12.5. The van der Waals surface area contributed by atoms with Gasteiger partial charge in [-0.2, -0.15) is 0 Å². The molecule has 3 aliphatic rings. The molecule has 2 atom stereocenters. The highest BCUT2D eigenvalue weighted by Gasteiger charge is 2.46. The van der Waals surface area contributed by atoms with Gasteiger partial charge in [0, 0.05) is 42.7 Å². The lowest BCUT2D eigenvalue weighted by Gasteiger charge is -2.53. The van der Waals surface area contributed by atoms with E-state index in [9.17, 15) is 9.90 Å². The number of aromatic hydroxyl groups is 1. The molecule has 2 aromatic carbocycles. The number of phenolic OH excluding ortho intramolecular Hbond substituents is 1. The van der Waals surface area contributed by atoms with Crippen molar-refractivity contribution in [1.82, 2.24) is 9.97 Å². The maximum atomic E-state index is 11.1. The summed E-state index contributed by atoms with van der Waals surface area (Å²) < 4.78 is 0. The van der Waals surface area contributed by atoms with Crippen molar-refractivity contribution in [2.45, 2.75) is 50.4 Å². The standard InChI is InChI=1S/C29H31N3O2/c33-17-20-10-12-29(13-11-20)18-32(19-29)28-30-15-23(16-31-28)27-25(21-4-2-1-3-5-21)8-6-22-14-24(34)7-9-26(22)27/h1-5,7,9,14-17,20,25,27,34H,6,8,10-13,18-19H2/t25-,27+/m1/s1. The summed E-state index contributed by atoms with van der Waals surface area (Å²) in [4.78, 5) is 23.0. The molecule has 2 aliphatic carbocycles. The Morgan fingerprint density at radius 3 is 2.38 bits per heavy atom. The predicted molar refractivity (Wildman–Crippen MR) is 132 cm³/mol. The largest absolute Gasteiger partial charge is 0.508 e. The predicted octanol–water partition coefficient (Wildman–Crippen LogP) is 5.24. The molecular formula is C29H31N3O2. The normalized spacial score (nSPS) is 23.8. The molecule has 0 amide bonds. The molecule has 34 heavy (non-hydrogen) atoms. The van der Waals surface area contributed by atoms with Crippen LogP contribution in [0.2, 0.25) is 0 Å². The number of carbonyl (C=O) groups is 1. The van der Waals surface area contributed by atoms with Crippen molar-refractivity contribution in [2.24, 2.45) is 11.3 Å². The molecule has 2 heterocycles. The Kier molecular flexibility index (Phi) is 5.35. The lowest BCUT2D eigenvalue weighted by molar-refractivity contribution is -0.112. The molecule has 3 aromatic rings. The maximum Gasteiger partial charge on any atom is 0.225 e. The topological polar surface area (TPSA) is 66.3 Å². The highest BCUT2D eigenvalue weighted by atomic mass is 16.3. The first-order valence-electron chi connectivity index (χ1n) is 12.5. The monoisotopic (exact) mass is 453 g/mol. The summed E-state index contributed by atoms with van der Waals surface area (Å²) in [5, 5.41) is 10.0. The average Bonchev–Trinajstić information content (AvgIpc) is 2.87. The number of carbonyl (C=O) groups excluding carboxylic acids is 1. The zero-order chi connectivity index (χ0) is 23.1. The number of hydrogen-bond acceptors (Lipinski definition) is 5. The summed E-state index contributed by atoms with van der Waals surface area (Å²) >= 11 is 0. The van der Waals surface area contributed by atoms with Gasteiger partial charge >= 0.3 is 0 Å². The summed E-state index contributed by atoms with van der Waals surface area (Å²) in [6, 6.07) is 16.5. The van der Waals surface area contributed by atoms with Gasteiger partial charge in [-0.25, -0.2) is 9.97 Å². The number of hydrogen-bond donors (Lipinski definition) is 1. The van der Waals surface area contributed by atoms with Crippen LogP contribution in [-0.2, 0) is 11.2 Å². The fourth-order valence-electron chi connectivity index (χ4n) is 6.54. The summed E-state index contributed by atoms with van der Waals surface area (Å²) in [5.41, 5.74) is 5.31. The minimum Gasteiger partial charge on any atom is -0.508 e. The van der Waals surface area contributed by atoms with E-state index in [1.54, 1.807) is 6.07 Å². The lowest BCUT2D eigenvalue weighted by atomic mass is 9.66. The van der Waals surface area contributed by atoms with Crippen LogP contribution in [0.3, 0.4) is 0 Å². The molecule has 0 radical (unpaired) electrons. The van der Waals surface area contributed by atoms with Gasteiger partial charge in [0.15, 0.2) is 0 Å². The Morgan fingerprint density at radius 2 is 1.68 bits per heavy atom. The van der Waals surface area contributed by atoms with Gasteiger partial charge in [0.1, 0.15) is 12.0 Å². The van der Waals surface area contributed by atoms with E-state index in [-0.39, 0.29) is 11.8 Å². The van der Waals surface area contributed by atoms with Crippen LogP contribution in [0.1, 0.15) is 66.2 Å². The second-order valence-corrected chi connectivity index (χ2v) is 10.6. The van der Waals surface area contributed by atoms with Crippen molar-refractivity contribution in [2.75, 3.05) is 18.0 Å². The second-order valence-electron chi connectivity index (χ2n) is 10.6. The number of benzene rings is 2. The van der Waals surface area contributed by atoms with Crippen LogP contribution < -0.4 is 4.90 Å². The number of anilines is 1. The molecule has 2 fully saturated rings. The van der Waals surface area contributed by atoms with Crippen LogP contribution in [0.25, 0.3) is 0 Å². The highest BCUT2D eigenvalue weighted by Crippen LogP contribution is 2.48. The Labute approximate surface area is 200 Å². The summed E-state index contributed by atoms with van der Waals surface area (Å²) in [6.07, 6.45) is 11.5. The Bertz CT molecular complexity index is 1160. The zero-order valence-electron chi connectivity index (χ0n) is 19.4. The van der Waals surface area contributed by atoms with Gasteiger partial charge in [0.25, 0.3) is 0 Å². The van der Waals surface area contributed by atoms with Crippen LogP contribution in [0, 0.1) is 11.3 Å². The molecule has 1 saturated carbocycles. The molecule has 0 bridgehead atoms. The van der Waals surface area contributed by atoms with Gasteiger partial charge in [0.05, 0.1) is 0 Å². The SMILES string of the molecule is O=CC1CCC2(CC1)CN(c1ncc([C@@H]3c4ccc(O)cc4CC[C@@H]3c3ccccc3)cn1)C2. The zero-order valence-corrected chi connectivity index (χ0v) is 19.4. The van der Waals surface area contributed by atoms with Crippen molar-refractivity contribution < 1.29 is 9.90 Å². The number of fused-ring (bicyclic) bond motifs is 1. The van der Waals surface area contributed by atoms with E-state index in [0.29, 0.717) is 17.1 Å². The fraction of sp³-hybridized carbons (Fsp3) is 0.414. The van der Waals surface area contributed by atoms with Crippen molar-refractivity contribution >= 4 is 12.2 Å². The summed E-state index contributed by atoms with van der Waals surface area (Å²) in [6.45, 7) is 1.99. The van der Waals surface area contributed by atoms with Crippen LogP contribution in [0.4, 0.5) is 5.95 Å². The third-order valence-corrected chi connectivity index (χ3v) is 8.45. The van der Waals surface area contributed by atoms with Crippen LogP contribution in [-0.4, -0.2) is 34.5 Å². The number of rotatable bonds is 4. The number of nitrogens with zero attached hydrogens (tertiary/aromatic N) is 3. The van der Waals surface area contributed by atoms with Gasteiger partial charge in [0.2, 0.25) is 5.95 Å². The Morgan fingerprint density at radius 1 is 0.941 bits per heavy atom. The average molecular weight is 454 g/mol. The third-order valence-electron chi connectivity index (χ3n) is 8.45. The molecule has 5 nitrogen and oxygen atoms in total. The van der Waals surface area contributed by atoms with E-state index in [1.807, 2.05) is 18.5 Å². The molecular weight excluding hydrogens is 422 g/mol. The molecule has 1 aliphatic heterocycles. The van der Waals surface area contributed by atoms with E-state index < -0.39 is 0 Å². The van der Waals surface area contributed by atoms with Crippen LogP contribution in [0.15, 0.2) is 60.9 Å². The number of aryl methyl sites for hydroxylation is 1. The maximum absolute atomic E-state index is 11.1. The van der Waals surface area contributed by atoms with E-state index >= 15 is 0 Å². The van der Waals surface area contributed by atoms with Crippen molar-refractivity contribution in [3.8, 4) is 5.75 Å². The van der Waals surface area contributed by atoms with Gasteiger partial charge < -0.3 is 14.8 Å². The van der Waals surface area contributed by atoms with Crippen molar-refractivity contribution in [1.29, 1.82) is 0 Å². The number of aldehydes is 1. The van der Waals surface area contributed by atoms with Crippen LogP contribution in [0.5, 0.6) is 5.75 Å². The van der Waals surface area contributed by atoms with E-state index in [0.717, 1.165) is 69.4 Å². The smallest absolute Gasteiger partial charge is 0.225 e. The lowest BCUT2D eigenvalue weighted by Crippen LogP contribution is -2.58. The van der Waals surface area contributed by atoms with Crippen molar-refractivity contribution in [3.63, 3.8) is 0 Å². The molecule has 1 N–H and O–H groups in total. The number of aromatic nitrogens is 2. The molecule has 1 saturated heterocycles. The first-order chi connectivity index (χ1) is 16.6. The Balaban J connectivity index is 1.25. The molecule has 1 spiro atoms. The summed E-state index contributed by atoms with van der Waals surface area (Å²) in [7, 11) is 0. The molecule has 1 aromatic heterocycles. The van der Waals surface area contributed by atoms with Gasteiger partial charge in [-0.05, 0) is 78.8 Å². The highest BCUT2D eigenvalue weighted by molar-refractivity contribution is 5.54. The molecule has 174 valence electrons. The van der Waals surface area contributed by atoms with Gasteiger partial charge in [-0.3, -0.25) is 0 Å². The minimum atomic E-state index is 0.169. The molecule has 5 heteroatoms.